The van der Waals surface area contributed by atoms with Crippen molar-refractivity contribution >= 4 is 11.9 Å². The molecule has 0 aromatic carbocycles. The summed E-state index contributed by atoms with van der Waals surface area (Å²) in [5.41, 5.74) is 0. The second-order valence-electron chi connectivity index (χ2n) is 19.7. The maximum Gasteiger partial charge on any atom is 0.306 e. The molecule has 1 aliphatic rings. The summed E-state index contributed by atoms with van der Waals surface area (Å²) in [6.45, 7) is 5.67. The highest BCUT2D eigenvalue weighted by molar-refractivity contribution is 5.80. The molecule has 1 fully saturated rings. The number of nitrogens with one attached hydrogen (secondary N) is 1. The molecule has 0 aliphatic carbocycles. The molecule has 410 valence electrons. The molecule has 11 heteroatoms. The first-order chi connectivity index (χ1) is 34.7. The Morgan fingerprint density at radius 1 is 0.549 bits per heavy atom. The van der Waals surface area contributed by atoms with Gasteiger partial charge < -0.3 is 45.1 Å². The molecule has 0 spiro atoms. The van der Waals surface area contributed by atoms with Crippen molar-refractivity contribution in [1.29, 1.82) is 0 Å². The molecule has 1 heterocycles. The van der Waals surface area contributed by atoms with Crippen molar-refractivity contribution in [2.45, 2.75) is 282 Å². The van der Waals surface area contributed by atoms with Crippen LogP contribution in [0.2, 0.25) is 0 Å². The van der Waals surface area contributed by atoms with Crippen LogP contribution >= 0.6 is 0 Å². The molecule has 1 amide bonds. The number of aliphatic hydroxyl groups excluding tert-OH is 5. The minimum absolute atomic E-state index is 0.108. The summed E-state index contributed by atoms with van der Waals surface area (Å²) in [7, 11) is 0. The number of hydrogen-bond acceptors (Lipinski definition) is 10. The van der Waals surface area contributed by atoms with Gasteiger partial charge in [0.05, 0.1) is 25.4 Å². The summed E-state index contributed by atoms with van der Waals surface area (Å²) < 4.78 is 17.5. The van der Waals surface area contributed by atoms with E-state index in [0.717, 1.165) is 109 Å². The van der Waals surface area contributed by atoms with Crippen LogP contribution in [0.25, 0.3) is 0 Å². The van der Waals surface area contributed by atoms with Gasteiger partial charge in [0.15, 0.2) is 12.4 Å². The molecule has 1 aliphatic heterocycles. The van der Waals surface area contributed by atoms with Crippen molar-refractivity contribution in [1.82, 2.24) is 5.32 Å². The number of carbonyl (C=O) groups excluding carboxylic acids is 2. The number of hydrogen-bond donors (Lipinski definition) is 6. The van der Waals surface area contributed by atoms with Gasteiger partial charge >= 0.3 is 5.97 Å². The summed E-state index contributed by atoms with van der Waals surface area (Å²) >= 11 is 0. The van der Waals surface area contributed by atoms with Crippen molar-refractivity contribution in [2.24, 2.45) is 0 Å². The molecule has 8 atom stereocenters. The Kier molecular flexibility index (Phi) is 44.8. The third-order valence-corrected chi connectivity index (χ3v) is 13.1. The highest BCUT2D eigenvalue weighted by Crippen LogP contribution is 2.26. The topological polar surface area (TPSA) is 175 Å². The largest absolute Gasteiger partial charge is 0.454 e. The van der Waals surface area contributed by atoms with Gasteiger partial charge in [0.2, 0.25) is 5.91 Å². The number of carbonyl (C=O) groups is 2. The number of esters is 1. The number of allylic oxidation sites excluding steroid dienone is 11. The van der Waals surface area contributed by atoms with E-state index in [0.29, 0.717) is 12.8 Å². The van der Waals surface area contributed by atoms with Gasteiger partial charge in [-0.15, -0.1) is 0 Å². The normalized spacial score (nSPS) is 20.1. The minimum Gasteiger partial charge on any atom is -0.454 e. The lowest BCUT2D eigenvalue weighted by atomic mass is 9.99. The van der Waals surface area contributed by atoms with Gasteiger partial charge in [-0.3, -0.25) is 9.59 Å². The van der Waals surface area contributed by atoms with Crippen LogP contribution in [0, 0.1) is 0 Å². The molecular weight excluding hydrogens is 895 g/mol. The van der Waals surface area contributed by atoms with E-state index < -0.39 is 67.4 Å². The molecule has 0 saturated carbocycles. The highest BCUT2D eigenvalue weighted by atomic mass is 16.7. The van der Waals surface area contributed by atoms with Crippen molar-refractivity contribution in [2.75, 3.05) is 13.2 Å². The molecule has 1 rings (SSSR count). The lowest BCUT2D eigenvalue weighted by Crippen LogP contribution is -2.61. The smallest absolute Gasteiger partial charge is 0.306 e. The van der Waals surface area contributed by atoms with E-state index in [-0.39, 0.29) is 19.4 Å². The van der Waals surface area contributed by atoms with Crippen molar-refractivity contribution < 1.29 is 49.3 Å². The van der Waals surface area contributed by atoms with Crippen LogP contribution in [-0.4, -0.2) is 99.6 Å². The van der Waals surface area contributed by atoms with Gasteiger partial charge in [0.1, 0.15) is 24.4 Å². The molecule has 6 N–H and O–H groups in total. The number of unbranched alkanes of at least 4 members (excludes halogenated alkanes) is 23. The Balaban J connectivity index is 2.72. The molecule has 0 aromatic heterocycles. The standard InChI is InChI=1S/C60H105NO10/c1-4-7-10-13-16-19-22-23-24-25-26-27-28-29-30-33-35-38-41-44-47-53(64)59(68)61-51(52(63)46-43-40-37-34-31-20-17-14-11-8-5-2)50-69-60-58(57(67)56(66)54(49-62)70-60)71-55(65)48-45-42-39-36-32-21-18-15-12-9-6-3/h15-16,18-19,23-24,26-27,29-30,43,46,51-54,56-58,60,62-64,66-67H,4-14,17,20-22,25,28,31-42,44-45,47-50H2,1-3H3,(H,61,68)/b18-15-,19-16-,24-23-,27-26-,30-29-,46-43+. The third-order valence-electron chi connectivity index (χ3n) is 13.1. The second kappa shape index (κ2) is 48.1. The van der Waals surface area contributed by atoms with Gasteiger partial charge in [0, 0.05) is 6.42 Å². The van der Waals surface area contributed by atoms with Crippen LogP contribution in [0.4, 0.5) is 0 Å². The van der Waals surface area contributed by atoms with Crippen LogP contribution in [0.3, 0.4) is 0 Å². The number of aliphatic hydroxyl groups is 5. The Morgan fingerprint density at radius 3 is 1.54 bits per heavy atom. The fraction of sp³-hybridized carbons (Fsp3) is 0.767. The van der Waals surface area contributed by atoms with E-state index in [1.165, 1.54) is 77.0 Å². The highest BCUT2D eigenvalue weighted by Gasteiger charge is 2.47. The van der Waals surface area contributed by atoms with Gasteiger partial charge in [-0.25, -0.2) is 0 Å². The van der Waals surface area contributed by atoms with Crippen LogP contribution < -0.4 is 5.32 Å². The molecule has 0 bridgehead atoms. The minimum atomic E-state index is -1.62. The molecule has 8 unspecified atom stereocenters. The summed E-state index contributed by atoms with van der Waals surface area (Å²) in [6.07, 6.45) is 49.5. The van der Waals surface area contributed by atoms with E-state index in [2.05, 4.69) is 86.8 Å². The summed E-state index contributed by atoms with van der Waals surface area (Å²) in [5.74, 6) is -1.23. The predicted octanol–water partition coefficient (Wildman–Crippen LogP) is 12.8. The predicted molar refractivity (Wildman–Crippen MR) is 292 cm³/mol. The molecular formula is C60H105NO10. The van der Waals surface area contributed by atoms with Crippen LogP contribution in [0.1, 0.15) is 233 Å². The van der Waals surface area contributed by atoms with E-state index in [9.17, 15) is 35.1 Å². The number of amides is 1. The van der Waals surface area contributed by atoms with Gasteiger partial charge in [0.25, 0.3) is 0 Å². The van der Waals surface area contributed by atoms with Crippen LogP contribution in [-0.2, 0) is 23.8 Å². The molecule has 71 heavy (non-hydrogen) atoms. The summed E-state index contributed by atoms with van der Waals surface area (Å²) in [4.78, 5) is 26.4. The third kappa shape index (κ3) is 36.6. The van der Waals surface area contributed by atoms with Crippen molar-refractivity contribution in [3.05, 3.63) is 72.9 Å². The summed E-state index contributed by atoms with van der Waals surface area (Å²) in [6, 6.07) is -1.04. The lowest BCUT2D eigenvalue weighted by Gasteiger charge is -2.41. The Morgan fingerprint density at radius 2 is 0.986 bits per heavy atom. The second-order valence-corrected chi connectivity index (χ2v) is 19.7. The van der Waals surface area contributed by atoms with Crippen molar-refractivity contribution in [3.8, 4) is 0 Å². The quantitative estimate of drug-likeness (QED) is 0.0196. The van der Waals surface area contributed by atoms with Crippen LogP contribution in [0.5, 0.6) is 0 Å². The maximum atomic E-state index is 13.4. The van der Waals surface area contributed by atoms with Gasteiger partial charge in [-0.1, -0.05) is 209 Å². The lowest BCUT2D eigenvalue weighted by molar-refractivity contribution is -0.305. The monoisotopic (exact) mass is 1000 g/mol. The zero-order valence-electron chi connectivity index (χ0n) is 45.1. The van der Waals surface area contributed by atoms with Crippen molar-refractivity contribution in [3.63, 3.8) is 0 Å². The van der Waals surface area contributed by atoms with E-state index in [1.54, 1.807) is 6.08 Å². The van der Waals surface area contributed by atoms with E-state index >= 15 is 0 Å². The Bertz CT molecular complexity index is 1430. The zero-order valence-corrected chi connectivity index (χ0v) is 45.1. The fourth-order valence-corrected chi connectivity index (χ4v) is 8.44. The molecule has 0 radical (unpaired) electrons. The summed E-state index contributed by atoms with van der Waals surface area (Å²) in [5, 5.41) is 56.7. The van der Waals surface area contributed by atoms with E-state index in [1.807, 2.05) is 6.08 Å². The molecule has 1 saturated heterocycles. The maximum absolute atomic E-state index is 13.4. The van der Waals surface area contributed by atoms with Gasteiger partial charge in [-0.05, 0) is 89.9 Å². The first-order valence-corrected chi connectivity index (χ1v) is 28.7. The van der Waals surface area contributed by atoms with Crippen LogP contribution in [0.15, 0.2) is 72.9 Å². The Labute approximate surface area is 432 Å². The molecule has 11 nitrogen and oxygen atoms in total. The number of ether oxygens (including phenoxy) is 3. The zero-order chi connectivity index (χ0) is 51.8. The Hall–Kier alpha value is -2.90. The SMILES string of the molecule is CCCC/C=C\CCCCCCCC(=O)OC1C(OCC(NC(=O)C(O)CCCCCC/C=C\C/C=C\C/C=C\C/C=C\CCCCC)C(O)/C=C/CCCCCCCCCCC)OC(CO)C(O)C1O. The average Bonchev–Trinajstić information content (AvgIpc) is 3.37. The van der Waals surface area contributed by atoms with E-state index in [4.69, 9.17) is 14.2 Å². The van der Waals surface area contributed by atoms with Gasteiger partial charge in [-0.2, -0.15) is 0 Å². The first kappa shape index (κ1) is 66.1. The average molecular weight is 1000 g/mol. The number of rotatable bonds is 47. The molecule has 0 aromatic rings. The first-order valence-electron chi connectivity index (χ1n) is 28.7. The fourth-order valence-electron chi connectivity index (χ4n) is 8.44.